The van der Waals surface area contributed by atoms with E-state index < -0.39 is 0 Å². The van der Waals surface area contributed by atoms with Gasteiger partial charge in [-0.2, -0.15) is 0 Å². The molecular weight excluding hydrogens is 393 g/mol. The summed E-state index contributed by atoms with van der Waals surface area (Å²) in [5.41, 5.74) is 1.73. The maximum Gasteiger partial charge on any atom is 0.293 e. The number of amides is 2. The van der Waals surface area contributed by atoms with Gasteiger partial charge in [0.1, 0.15) is 12.4 Å². The summed E-state index contributed by atoms with van der Waals surface area (Å²) in [6.45, 7) is 2.40. The van der Waals surface area contributed by atoms with Crippen molar-refractivity contribution in [3.8, 4) is 5.75 Å². The van der Waals surface area contributed by atoms with E-state index in [0.717, 1.165) is 17.3 Å². The smallest absolute Gasteiger partial charge is 0.293 e. The second-order valence-electron chi connectivity index (χ2n) is 5.64. The second-order valence-corrected chi connectivity index (χ2v) is 7.42. The number of aryl methyl sites for hydroxylation is 1. The van der Waals surface area contributed by atoms with Crippen LogP contribution in [0.5, 0.6) is 5.75 Å². The number of ether oxygens (including phenoxy) is 1. The average molecular weight is 408 g/mol. The number of hydrogen-bond donors (Lipinski definition) is 0. The summed E-state index contributed by atoms with van der Waals surface area (Å²) in [4.78, 5) is 26.1. The van der Waals surface area contributed by atoms with Crippen LogP contribution in [-0.2, 0) is 4.79 Å². The summed E-state index contributed by atoms with van der Waals surface area (Å²) in [6.07, 6.45) is 1.58. The lowest BCUT2D eigenvalue weighted by molar-refractivity contribution is -0.123. The van der Waals surface area contributed by atoms with Crippen LogP contribution in [0.15, 0.2) is 47.4 Å². The van der Waals surface area contributed by atoms with Gasteiger partial charge in [-0.3, -0.25) is 14.5 Å². The molecule has 0 aromatic heterocycles. The molecule has 1 fully saturated rings. The second kappa shape index (κ2) is 8.16. The number of thioether (sulfide) groups is 1. The van der Waals surface area contributed by atoms with E-state index >= 15 is 0 Å². The summed E-state index contributed by atoms with van der Waals surface area (Å²) in [7, 11) is 0. The van der Waals surface area contributed by atoms with Crippen LogP contribution in [-0.4, -0.2) is 29.2 Å². The van der Waals surface area contributed by atoms with Crippen LogP contribution in [0.1, 0.15) is 11.1 Å². The number of benzene rings is 2. The van der Waals surface area contributed by atoms with E-state index in [0.29, 0.717) is 26.3 Å². The van der Waals surface area contributed by atoms with E-state index in [2.05, 4.69) is 0 Å². The molecule has 2 amide bonds. The number of nitrogens with zero attached hydrogens (tertiary/aromatic N) is 1. The molecule has 1 aliphatic heterocycles. The third-order valence-corrected chi connectivity index (χ3v) is 5.49. The van der Waals surface area contributed by atoms with Crippen molar-refractivity contribution in [2.75, 3.05) is 13.2 Å². The maximum absolute atomic E-state index is 12.5. The summed E-state index contributed by atoms with van der Waals surface area (Å²) in [5.74, 6) is 0.340. The fourth-order valence-corrected chi connectivity index (χ4v) is 3.57. The zero-order valence-electron chi connectivity index (χ0n) is 13.9. The Kier molecular flexibility index (Phi) is 5.91. The molecular formula is C19H15Cl2NO3S. The van der Waals surface area contributed by atoms with Crippen LogP contribution >= 0.6 is 35.0 Å². The molecule has 0 unspecified atom stereocenters. The zero-order valence-corrected chi connectivity index (χ0v) is 16.2. The van der Waals surface area contributed by atoms with E-state index in [1.165, 1.54) is 4.90 Å². The molecule has 0 aliphatic carbocycles. The molecule has 2 aromatic rings. The van der Waals surface area contributed by atoms with Gasteiger partial charge >= 0.3 is 0 Å². The molecule has 3 rings (SSSR count). The predicted octanol–water partition coefficient (Wildman–Crippen LogP) is 5.42. The third kappa shape index (κ3) is 4.23. The molecule has 2 aromatic carbocycles. The van der Waals surface area contributed by atoms with Gasteiger partial charge < -0.3 is 4.74 Å². The fraction of sp³-hybridized carbons (Fsp3) is 0.158. The van der Waals surface area contributed by atoms with Gasteiger partial charge in [-0.25, -0.2) is 0 Å². The van der Waals surface area contributed by atoms with E-state index in [4.69, 9.17) is 27.9 Å². The molecule has 0 saturated carbocycles. The molecule has 26 heavy (non-hydrogen) atoms. The predicted molar refractivity (Wildman–Crippen MR) is 106 cm³/mol. The zero-order chi connectivity index (χ0) is 18.7. The minimum absolute atomic E-state index is 0.180. The highest BCUT2D eigenvalue weighted by Gasteiger charge is 2.34. The van der Waals surface area contributed by atoms with Gasteiger partial charge in [0, 0.05) is 0 Å². The van der Waals surface area contributed by atoms with Crippen molar-refractivity contribution in [3.05, 3.63) is 68.5 Å². The molecule has 1 aliphatic rings. The number of imide groups is 1. The van der Waals surface area contributed by atoms with Crippen LogP contribution in [0.2, 0.25) is 10.0 Å². The average Bonchev–Trinajstić information content (AvgIpc) is 2.88. The number of hydrogen-bond acceptors (Lipinski definition) is 4. The van der Waals surface area contributed by atoms with Gasteiger partial charge in [-0.05, 0) is 48.5 Å². The Hall–Kier alpha value is -1.95. The van der Waals surface area contributed by atoms with Gasteiger partial charge in [0.15, 0.2) is 0 Å². The molecule has 0 radical (unpaired) electrons. The molecule has 1 saturated heterocycles. The molecule has 0 bridgehead atoms. The Morgan fingerprint density at radius 2 is 1.85 bits per heavy atom. The lowest BCUT2D eigenvalue weighted by Crippen LogP contribution is -2.32. The van der Waals surface area contributed by atoms with Crippen LogP contribution in [0.4, 0.5) is 4.79 Å². The third-order valence-electron chi connectivity index (χ3n) is 3.75. The molecule has 4 nitrogen and oxygen atoms in total. The minimum atomic E-state index is -0.358. The van der Waals surface area contributed by atoms with E-state index in [9.17, 15) is 9.59 Å². The summed E-state index contributed by atoms with van der Waals surface area (Å²) in [6, 6.07) is 12.7. The molecule has 0 N–H and O–H groups in total. The van der Waals surface area contributed by atoms with Gasteiger partial charge in [-0.15, -0.1) is 0 Å². The van der Waals surface area contributed by atoms with Crippen LogP contribution in [0.3, 0.4) is 0 Å². The first-order chi connectivity index (χ1) is 12.5. The fourth-order valence-electron chi connectivity index (χ4n) is 2.36. The van der Waals surface area contributed by atoms with Crippen molar-refractivity contribution >= 4 is 52.2 Å². The SMILES string of the molecule is Cc1ccc(OCCN2C(=O)S/C(=C\c3cccc(Cl)c3Cl)C2=O)cc1. The van der Waals surface area contributed by atoms with Crippen LogP contribution < -0.4 is 4.74 Å². The van der Waals surface area contributed by atoms with E-state index in [1.807, 2.05) is 31.2 Å². The van der Waals surface area contributed by atoms with Crippen molar-refractivity contribution in [1.82, 2.24) is 4.90 Å². The molecule has 7 heteroatoms. The van der Waals surface area contributed by atoms with Crippen molar-refractivity contribution in [3.63, 3.8) is 0 Å². The normalized spacial score (nSPS) is 15.8. The summed E-state index contributed by atoms with van der Waals surface area (Å²) in [5, 5.41) is 0.418. The van der Waals surface area contributed by atoms with Crippen molar-refractivity contribution < 1.29 is 14.3 Å². The van der Waals surface area contributed by atoms with Gasteiger partial charge in [-0.1, -0.05) is 53.0 Å². The highest BCUT2D eigenvalue weighted by molar-refractivity contribution is 8.18. The minimum Gasteiger partial charge on any atom is -0.492 e. The van der Waals surface area contributed by atoms with E-state index in [1.54, 1.807) is 24.3 Å². The van der Waals surface area contributed by atoms with Gasteiger partial charge in [0.25, 0.3) is 11.1 Å². The Morgan fingerprint density at radius 3 is 2.58 bits per heavy atom. The number of rotatable bonds is 5. The molecule has 0 atom stereocenters. The van der Waals surface area contributed by atoms with Gasteiger partial charge in [0.2, 0.25) is 0 Å². The number of carbonyl (C=O) groups is 2. The highest BCUT2D eigenvalue weighted by Crippen LogP contribution is 2.34. The van der Waals surface area contributed by atoms with Crippen molar-refractivity contribution in [1.29, 1.82) is 0 Å². The summed E-state index contributed by atoms with van der Waals surface area (Å²) < 4.78 is 5.59. The first-order valence-corrected chi connectivity index (χ1v) is 9.42. The van der Waals surface area contributed by atoms with Crippen LogP contribution in [0, 0.1) is 6.92 Å². The first-order valence-electron chi connectivity index (χ1n) is 7.84. The highest BCUT2D eigenvalue weighted by atomic mass is 35.5. The Bertz CT molecular complexity index is 881. The number of carbonyl (C=O) groups excluding carboxylic acids is 2. The molecule has 1 heterocycles. The summed E-state index contributed by atoms with van der Waals surface area (Å²) >= 11 is 13.0. The number of halogens is 2. The van der Waals surface area contributed by atoms with Crippen molar-refractivity contribution in [2.45, 2.75) is 6.92 Å². The topological polar surface area (TPSA) is 46.6 Å². The Balaban J connectivity index is 1.66. The van der Waals surface area contributed by atoms with Gasteiger partial charge in [0.05, 0.1) is 21.5 Å². The standard InChI is InChI=1S/C19H15Cl2NO3S/c1-12-5-7-14(8-6-12)25-10-9-22-18(23)16(26-19(22)24)11-13-3-2-4-15(20)17(13)21/h2-8,11H,9-10H2,1H3/b16-11-. The van der Waals surface area contributed by atoms with Crippen LogP contribution in [0.25, 0.3) is 6.08 Å². The lowest BCUT2D eigenvalue weighted by Gasteiger charge is -2.13. The molecule has 134 valence electrons. The maximum atomic E-state index is 12.5. The van der Waals surface area contributed by atoms with Crippen molar-refractivity contribution in [2.24, 2.45) is 0 Å². The Morgan fingerprint density at radius 1 is 1.12 bits per heavy atom. The Labute approximate surface area is 165 Å². The molecule has 0 spiro atoms. The van der Waals surface area contributed by atoms with E-state index in [-0.39, 0.29) is 24.3 Å². The largest absolute Gasteiger partial charge is 0.492 e. The first kappa shape index (κ1) is 18.8. The quantitative estimate of drug-likeness (QED) is 0.620. The lowest BCUT2D eigenvalue weighted by atomic mass is 10.2. The monoisotopic (exact) mass is 407 g/mol.